The molecule has 1 amide bonds. The van der Waals surface area contributed by atoms with Gasteiger partial charge >= 0.3 is 5.97 Å². The van der Waals surface area contributed by atoms with Crippen LogP contribution in [0, 0.1) is 5.41 Å². The van der Waals surface area contributed by atoms with Crippen molar-refractivity contribution in [1.29, 1.82) is 0 Å². The Labute approximate surface area is 158 Å². The summed E-state index contributed by atoms with van der Waals surface area (Å²) in [7, 11) is 0. The zero-order valence-corrected chi connectivity index (χ0v) is 16.7. The topological polar surface area (TPSA) is 64.6 Å². The SMILES string of the molecule is CCOC(=O)c1c(-c2ccc(OCC)cc2)csc1NC(=O)C(C)(C)C. The minimum Gasteiger partial charge on any atom is -0.494 e. The first-order chi connectivity index (χ1) is 12.3. The highest BCUT2D eigenvalue weighted by molar-refractivity contribution is 7.15. The summed E-state index contributed by atoms with van der Waals surface area (Å²) in [6.45, 7) is 10.0. The highest BCUT2D eigenvalue weighted by Gasteiger charge is 2.27. The van der Waals surface area contributed by atoms with Crippen LogP contribution in [-0.4, -0.2) is 25.1 Å². The summed E-state index contributed by atoms with van der Waals surface area (Å²) in [6, 6.07) is 7.51. The fraction of sp³-hybridized carbons (Fsp3) is 0.400. The minimum atomic E-state index is -0.560. The van der Waals surface area contributed by atoms with Crippen molar-refractivity contribution in [1.82, 2.24) is 0 Å². The molecule has 0 aliphatic rings. The van der Waals surface area contributed by atoms with E-state index < -0.39 is 11.4 Å². The largest absolute Gasteiger partial charge is 0.494 e. The molecule has 0 radical (unpaired) electrons. The zero-order chi connectivity index (χ0) is 19.3. The third kappa shape index (κ3) is 4.64. The van der Waals surface area contributed by atoms with Gasteiger partial charge in [0, 0.05) is 16.4 Å². The highest BCUT2D eigenvalue weighted by Crippen LogP contribution is 2.37. The molecule has 1 heterocycles. The number of hydrogen-bond donors (Lipinski definition) is 1. The van der Waals surface area contributed by atoms with Gasteiger partial charge in [0.05, 0.1) is 13.2 Å². The molecule has 5 nitrogen and oxygen atoms in total. The number of carbonyl (C=O) groups is 2. The normalized spacial score (nSPS) is 11.1. The Kier molecular flexibility index (Phi) is 6.42. The number of nitrogens with one attached hydrogen (secondary N) is 1. The van der Waals surface area contributed by atoms with Gasteiger partial charge in [-0.25, -0.2) is 4.79 Å². The van der Waals surface area contributed by atoms with Gasteiger partial charge in [-0.15, -0.1) is 11.3 Å². The van der Waals surface area contributed by atoms with Gasteiger partial charge in [-0.05, 0) is 31.5 Å². The third-order valence-corrected chi connectivity index (χ3v) is 4.55. The van der Waals surface area contributed by atoms with E-state index in [-0.39, 0.29) is 12.5 Å². The molecule has 1 aromatic carbocycles. The minimum absolute atomic E-state index is 0.150. The van der Waals surface area contributed by atoms with Crippen molar-refractivity contribution >= 4 is 28.2 Å². The molecular formula is C20H25NO4S. The Hall–Kier alpha value is -2.34. The lowest BCUT2D eigenvalue weighted by Gasteiger charge is -2.17. The van der Waals surface area contributed by atoms with E-state index in [4.69, 9.17) is 9.47 Å². The van der Waals surface area contributed by atoms with Crippen molar-refractivity contribution in [2.24, 2.45) is 5.41 Å². The van der Waals surface area contributed by atoms with Gasteiger partial charge in [-0.3, -0.25) is 4.79 Å². The van der Waals surface area contributed by atoms with Gasteiger partial charge in [-0.2, -0.15) is 0 Å². The quantitative estimate of drug-likeness (QED) is 0.724. The lowest BCUT2D eigenvalue weighted by Crippen LogP contribution is -2.28. The first kappa shape index (κ1) is 20.0. The average Bonchev–Trinajstić information content (AvgIpc) is 2.99. The van der Waals surface area contributed by atoms with Crippen molar-refractivity contribution in [3.63, 3.8) is 0 Å². The van der Waals surface area contributed by atoms with Crippen LogP contribution in [0.25, 0.3) is 11.1 Å². The molecule has 0 unspecified atom stereocenters. The molecule has 6 heteroatoms. The number of anilines is 1. The third-order valence-electron chi connectivity index (χ3n) is 3.66. The summed E-state index contributed by atoms with van der Waals surface area (Å²) in [5, 5.41) is 5.23. The lowest BCUT2D eigenvalue weighted by atomic mass is 9.95. The first-order valence-corrected chi connectivity index (χ1v) is 9.49. The van der Waals surface area contributed by atoms with E-state index in [0.717, 1.165) is 16.9 Å². The summed E-state index contributed by atoms with van der Waals surface area (Å²) in [5.74, 6) is 0.176. The number of hydrogen-bond acceptors (Lipinski definition) is 5. The molecule has 0 atom stereocenters. The number of thiophene rings is 1. The van der Waals surface area contributed by atoms with E-state index in [1.54, 1.807) is 6.92 Å². The maximum absolute atomic E-state index is 12.5. The first-order valence-electron chi connectivity index (χ1n) is 8.61. The van der Waals surface area contributed by atoms with Gasteiger partial charge in [0.25, 0.3) is 0 Å². The summed E-state index contributed by atoms with van der Waals surface area (Å²) in [6.07, 6.45) is 0. The zero-order valence-electron chi connectivity index (χ0n) is 15.8. The Bertz CT molecular complexity index is 772. The van der Waals surface area contributed by atoms with Gasteiger partial charge < -0.3 is 14.8 Å². The maximum atomic E-state index is 12.5. The molecule has 26 heavy (non-hydrogen) atoms. The molecule has 0 bridgehead atoms. The second kappa shape index (κ2) is 8.36. The Balaban J connectivity index is 2.42. The number of esters is 1. The predicted octanol–water partition coefficient (Wildman–Crippen LogP) is 4.98. The molecule has 0 fully saturated rings. The Morgan fingerprint density at radius 1 is 1.08 bits per heavy atom. The van der Waals surface area contributed by atoms with Crippen LogP contribution in [0.15, 0.2) is 29.6 Å². The summed E-state index contributed by atoms with van der Waals surface area (Å²) < 4.78 is 10.7. The number of rotatable bonds is 6. The van der Waals surface area contributed by atoms with Crippen LogP contribution in [0.1, 0.15) is 45.0 Å². The fourth-order valence-electron chi connectivity index (χ4n) is 2.26. The summed E-state index contributed by atoms with van der Waals surface area (Å²) >= 11 is 1.32. The van der Waals surface area contributed by atoms with Crippen molar-refractivity contribution < 1.29 is 19.1 Å². The molecule has 0 saturated carbocycles. The summed E-state index contributed by atoms with van der Waals surface area (Å²) in [5.41, 5.74) is 1.43. The highest BCUT2D eigenvalue weighted by atomic mass is 32.1. The monoisotopic (exact) mass is 375 g/mol. The molecule has 140 valence electrons. The van der Waals surface area contributed by atoms with Crippen LogP contribution in [-0.2, 0) is 9.53 Å². The fourth-order valence-corrected chi connectivity index (χ4v) is 3.21. The van der Waals surface area contributed by atoms with Gasteiger partial charge in [0.1, 0.15) is 16.3 Å². The van der Waals surface area contributed by atoms with Crippen molar-refractivity contribution in [3.8, 4) is 16.9 Å². The van der Waals surface area contributed by atoms with Crippen LogP contribution in [0.3, 0.4) is 0 Å². The molecule has 0 aliphatic heterocycles. The van der Waals surface area contributed by atoms with Crippen molar-refractivity contribution in [3.05, 3.63) is 35.2 Å². The molecular weight excluding hydrogens is 350 g/mol. The number of benzene rings is 1. The second-order valence-corrected chi connectivity index (χ2v) is 7.62. The van der Waals surface area contributed by atoms with Gasteiger partial charge in [-0.1, -0.05) is 32.9 Å². The van der Waals surface area contributed by atoms with Crippen LogP contribution in [0.2, 0.25) is 0 Å². The van der Waals surface area contributed by atoms with E-state index in [2.05, 4.69) is 5.32 Å². The van der Waals surface area contributed by atoms with E-state index in [0.29, 0.717) is 17.2 Å². The van der Waals surface area contributed by atoms with Crippen LogP contribution >= 0.6 is 11.3 Å². The molecule has 0 spiro atoms. The number of carbonyl (C=O) groups excluding carboxylic acids is 2. The Morgan fingerprint density at radius 3 is 2.27 bits per heavy atom. The molecule has 0 aliphatic carbocycles. The molecule has 0 saturated heterocycles. The number of amides is 1. The maximum Gasteiger partial charge on any atom is 0.341 e. The van der Waals surface area contributed by atoms with E-state index in [1.165, 1.54) is 11.3 Å². The van der Waals surface area contributed by atoms with E-state index in [9.17, 15) is 9.59 Å². The summed E-state index contributed by atoms with van der Waals surface area (Å²) in [4.78, 5) is 24.9. The second-order valence-electron chi connectivity index (χ2n) is 6.74. The number of ether oxygens (including phenoxy) is 2. The smallest absolute Gasteiger partial charge is 0.341 e. The molecule has 2 aromatic rings. The average molecular weight is 375 g/mol. The van der Waals surface area contributed by atoms with Crippen LogP contribution in [0.5, 0.6) is 5.75 Å². The van der Waals surface area contributed by atoms with Gasteiger partial charge in [0.2, 0.25) is 5.91 Å². The Morgan fingerprint density at radius 2 is 1.73 bits per heavy atom. The van der Waals surface area contributed by atoms with Crippen molar-refractivity contribution in [2.75, 3.05) is 18.5 Å². The van der Waals surface area contributed by atoms with Crippen LogP contribution < -0.4 is 10.1 Å². The molecule has 1 N–H and O–H groups in total. The lowest BCUT2D eigenvalue weighted by molar-refractivity contribution is -0.123. The van der Waals surface area contributed by atoms with E-state index >= 15 is 0 Å². The van der Waals surface area contributed by atoms with Crippen molar-refractivity contribution in [2.45, 2.75) is 34.6 Å². The van der Waals surface area contributed by atoms with Gasteiger partial charge in [0.15, 0.2) is 0 Å². The molecule has 2 rings (SSSR count). The standard InChI is InChI=1S/C20H25NO4S/c1-6-24-14-10-8-13(9-11-14)15-12-26-17(16(15)18(22)25-7-2)21-19(23)20(3,4)5/h8-12H,6-7H2,1-5H3,(H,21,23). The predicted molar refractivity (Wildman–Crippen MR) is 105 cm³/mol. The van der Waals surface area contributed by atoms with E-state index in [1.807, 2.05) is 57.3 Å². The molecule has 1 aromatic heterocycles. The van der Waals surface area contributed by atoms with Crippen LogP contribution in [0.4, 0.5) is 5.00 Å².